The molecule has 0 aromatic carbocycles. The highest BCUT2D eigenvalue weighted by molar-refractivity contribution is 7.90. The number of rotatable bonds is 5. The van der Waals surface area contributed by atoms with E-state index in [0.717, 1.165) is 12.8 Å². The molecule has 1 unspecified atom stereocenters. The number of nitrogens with one attached hydrogen (secondary N) is 1. The van der Waals surface area contributed by atoms with Crippen LogP contribution in [0.2, 0.25) is 0 Å². The minimum absolute atomic E-state index is 0.220. The molecule has 0 radical (unpaired) electrons. The molecule has 0 aromatic heterocycles. The Balaban J connectivity index is 2.49. The Morgan fingerprint density at radius 1 is 1.50 bits per heavy atom. The van der Waals surface area contributed by atoms with Gasteiger partial charge < -0.3 is 9.84 Å². The third-order valence-electron chi connectivity index (χ3n) is 2.65. The van der Waals surface area contributed by atoms with Crippen LogP contribution in [0.15, 0.2) is 0 Å². The molecular formula is C9H17NO5S. The van der Waals surface area contributed by atoms with Gasteiger partial charge in [0.15, 0.2) is 5.75 Å². The molecule has 0 amide bonds. The number of ether oxygens (including phenoxy) is 1. The summed E-state index contributed by atoms with van der Waals surface area (Å²) in [6, 6.07) is -0.242. The van der Waals surface area contributed by atoms with Gasteiger partial charge in [-0.25, -0.2) is 13.1 Å². The van der Waals surface area contributed by atoms with Gasteiger partial charge in [0.2, 0.25) is 10.0 Å². The fraction of sp³-hybridized carbons (Fsp3) is 0.889. The van der Waals surface area contributed by atoms with E-state index in [0.29, 0.717) is 13.2 Å². The van der Waals surface area contributed by atoms with Gasteiger partial charge in [0.25, 0.3) is 0 Å². The van der Waals surface area contributed by atoms with E-state index in [-0.39, 0.29) is 12.0 Å². The topological polar surface area (TPSA) is 92.7 Å². The van der Waals surface area contributed by atoms with Crippen molar-refractivity contribution in [1.29, 1.82) is 0 Å². The van der Waals surface area contributed by atoms with Gasteiger partial charge in [-0.15, -0.1) is 0 Å². The maximum atomic E-state index is 11.4. The van der Waals surface area contributed by atoms with Crippen molar-refractivity contribution in [2.24, 2.45) is 5.92 Å². The molecule has 1 rings (SSSR count). The van der Waals surface area contributed by atoms with E-state index >= 15 is 0 Å². The monoisotopic (exact) mass is 251 g/mol. The van der Waals surface area contributed by atoms with E-state index in [4.69, 9.17) is 9.84 Å². The maximum Gasteiger partial charge on any atom is 0.320 e. The zero-order valence-electron chi connectivity index (χ0n) is 9.18. The second-order valence-electron chi connectivity index (χ2n) is 4.01. The Bertz CT molecular complexity index is 334. The molecule has 7 heteroatoms. The van der Waals surface area contributed by atoms with Crippen molar-refractivity contribution in [1.82, 2.24) is 4.72 Å². The van der Waals surface area contributed by atoms with Crippen molar-refractivity contribution in [3.05, 3.63) is 0 Å². The number of aliphatic carboxylic acids is 1. The van der Waals surface area contributed by atoms with Gasteiger partial charge in [-0.3, -0.25) is 4.79 Å². The Hall–Kier alpha value is -0.660. The molecule has 1 aliphatic rings. The van der Waals surface area contributed by atoms with Crippen molar-refractivity contribution in [2.45, 2.75) is 25.8 Å². The average Bonchev–Trinajstić information content (AvgIpc) is 2.16. The van der Waals surface area contributed by atoms with E-state index in [1.165, 1.54) is 0 Å². The lowest BCUT2D eigenvalue weighted by atomic mass is 9.94. The molecule has 1 fully saturated rings. The fourth-order valence-corrected chi connectivity index (χ4v) is 2.97. The van der Waals surface area contributed by atoms with Gasteiger partial charge in [-0.05, 0) is 25.7 Å². The van der Waals surface area contributed by atoms with Gasteiger partial charge in [-0.2, -0.15) is 0 Å². The Morgan fingerprint density at radius 3 is 2.56 bits per heavy atom. The van der Waals surface area contributed by atoms with Crippen LogP contribution in [0.4, 0.5) is 0 Å². The summed E-state index contributed by atoms with van der Waals surface area (Å²) in [6.45, 7) is 3.03. The van der Waals surface area contributed by atoms with E-state index in [2.05, 4.69) is 4.72 Å². The molecule has 1 saturated heterocycles. The first-order valence-corrected chi connectivity index (χ1v) is 6.85. The first-order chi connectivity index (χ1) is 7.41. The van der Waals surface area contributed by atoms with Gasteiger partial charge >= 0.3 is 5.97 Å². The molecule has 0 spiro atoms. The highest BCUT2D eigenvalue weighted by Crippen LogP contribution is 2.18. The second kappa shape index (κ2) is 5.60. The summed E-state index contributed by atoms with van der Waals surface area (Å²) < 4.78 is 30.3. The van der Waals surface area contributed by atoms with Crippen molar-refractivity contribution in [3.63, 3.8) is 0 Å². The van der Waals surface area contributed by atoms with E-state index in [9.17, 15) is 13.2 Å². The fourth-order valence-electron chi connectivity index (χ4n) is 1.80. The van der Waals surface area contributed by atoms with E-state index in [1.807, 2.05) is 0 Å². The van der Waals surface area contributed by atoms with Crippen LogP contribution in [0.3, 0.4) is 0 Å². The molecule has 1 atom stereocenters. The van der Waals surface area contributed by atoms with E-state index in [1.54, 1.807) is 6.92 Å². The van der Waals surface area contributed by atoms with Crippen LogP contribution in [-0.4, -0.2) is 44.5 Å². The third kappa shape index (κ3) is 4.46. The average molecular weight is 251 g/mol. The Labute approximate surface area is 95.0 Å². The smallest absolute Gasteiger partial charge is 0.320 e. The third-order valence-corrected chi connectivity index (χ3v) is 4.01. The summed E-state index contributed by atoms with van der Waals surface area (Å²) in [5.74, 6) is -2.00. The van der Waals surface area contributed by atoms with Gasteiger partial charge in [0.1, 0.15) is 0 Å². The van der Waals surface area contributed by atoms with Gasteiger partial charge in [-0.1, -0.05) is 0 Å². The van der Waals surface area contributed by atoms with Crippen molar-refractivity contribution >= 4 is 16.0 Å². The number of carbonyl (C=O) groups is 1. The predicted octanol–water partition coefficient (Wildman–Crippen LogP) is -0.194. The lowest BCUT2D eigenvalue weighted by Gasteiger charge is -2.27. The molecule has 0 aliphatic carbocycles. The molecule has 6 nitrogen and oxygen atoms in total. The number of carboxylic acids is 1. The van der Waals surface area contributed by atoms with Crippen LogP contribution >= 0.6 is 0 Å². The molecule has 0 aromatic rings. The molecule has 1 aliphatic heterocycles. The van der Waals surface area contributed by atoms with Crippen molar-refractivity contribution in [3.8, 4) is 0 Å². The highest BCUT2D eigenvalue weighted by atomic mass is 32.2. The van der Waals surface area contributed by atoms with Crippen LogP contribution in [0.5, 0.6) is 0 Å². The molecule has 0 saturated carbocycles. The summed E-state index contributed by atoms with van der Waals surface area (Å²) in [6.07, 6.45) is 1.60. The minimum atomic E-state index is -3.72. The Morgan fingerprint density at radius 2 is 2.06 bits per heavy atom. The van der Waals surface area contributed by atoms with Gasteiger partial charge in [0.05, 0.1) is 0 Å². The molecule has 2 N–H and O–H groups in total. The summed E-state index contributed by atoms with van der Waals surface area (Å²) in [4.78, 5) is 10.3. The largest absolute Gasteiger partial charge is 0.480 e. The molecule has 94 valence electrons. The molecule has 0 bridgehead atoms. The zero-order chi connectivity index (χ0) is 12.2. The standard InChI is InChI=1S/C9H17NO5S/c1-7(8-2-4-15-5-3-8)10-16(13,14)6-9(11)12/h7-8,10H,2-6H2,1H3,(H,11,12). The van der Waals surface area contributed by atoms with E-state index < -0.39 is 21.7 Å². The number of hydrogen-bond donors (Lipinski definition) is 2. The molecule has 1 heterocycles. The SMILES string of the molecule is CC(NS(=O)(=O)CC(=O)O)C1CCOCC1. The normalized spacial score (nSPS) is 20.6. The van der Waals surface area contributed by atoms with Crippen LogP contribution in [-0.2, 0) is 19.6 Å². The van der Waals surface area contributed by atoms with Gasteiger partial charge in [0, 0.05) is 19.3 Å². The number of hydrogen-bond acceptors (Lipinski definition) is 4. The minimum Gasteiger partial charge on any atom is -0.480 e. The predicted molar refractivity (Wildman–Crippen MR) is 57.6 cm³/mol. The number of sulfonamides is 1. The zero-order valence-corrected chi connectivity index (χ0v) is 10.00. The highest BCUT2D eigenvalue weighted by Gasteiger charge is 2.25. The van der Waals surface area contributed by atoms with Crippen molar-refractivity contribution < 1.29 is 23.1 Å². The van der Waals surface area contributed by atoms with Crippen LogP contribution in [0, 0.1) is 5.92 Å². The molecular weight excluding hydrogens is 234 g/mol. The maximum absolute atomic E-state index is 11.4. The Kier molecular flexibility index (Phi) is 4.69. The lowest BCUT2D eigenvalue weighted by Crippen LogP contribution is -2.42. The number of carboxylic acid groups (broad SMARTS) is 1. The molecule has 16 heavy (non-hydrogen) atoms. The van der Waals surface area contributed by atoms with Crippen molar-refractivity contribution in [2.75, 3.05) is 19.0 Å². The summed E-state index contributed by atoms with van der Waals surface area (Å²) in [7, 11) is -3.72. The first-order valence-electron chi connectivity index (χ1n) is 5.20. The van der Waals surface area contributed by atoms with Crippen LogP contribution in [0.1, 0.15) is 19.8 Å². The van der Waals surface area contributed by atoms with Crippen LogP contribution < -0.4 is 4.72 Å². The first kappa shape index (κ1) is 13.4. The van der Waals surface area contributed by atoms with Crippen LogP contribution in [0.25, 0.3) is 0 Å². The lowest BCUT2D eigenvalue weighted by molar-refractivity contribution is -0.134. The summed E-state index contributed by atoms with van der Waals surface area (Å²) in [5.41, 5.74) is 0. The quantitative estimate of drug-likeness (QED) is 0.706. The second-order valence-corrected chi connectivity index (χ2v) is 5.76. The summed E-state index contributed by atoms with van der Waals surface area (Å²) in [5, 5.41) is 8.43. The summed E-state index contributed by atoms with van der Waals surface area (Å²) >= 11 is 0.